The Labute approximate surface area is 95.9 Å². The molecule has 0 bridgehead atoms. The van der Waals surface area contributed by atoms with Crippen molar-refractivity contribution in [3.05, 3.63) is 12.4 Å². The molecule has 88 valence electrons. The summed E-state index contributed by atoms with van der Waals surface area (Å²) in [7, 11) is 0. The third-order valence-electron chi connectivity index (χ3n) is 3.73. The number of hydrogen-bond donors (Lipinski definition) is 1. The first kappa shape index (κ1) is 10.1. The number of hydrogen-bond acceptors (Lipinski definition) is 3. The van der Waals surface area contributed by atoms with E-state index in [9.17, 15) is 5.11 Å². The second kappa shape index (κ2) is 4.09. The first-order chi connectivity index (χ1) is 7.81. The molecular weight excluding hydrogens is 202 g/mol. The van der Waals surface area contributed by atoms with E-state index >= 15 is 0 Å². The second-order valence-corrected chi connectivity index (χ2v) is 5.15. The summed E-state index contributed by atoms with van der Waals surface area (Å²) < 4.78 is 1.92. The van der Waals surface area contributed by atoms with Crippen LogP contribution in [0.5, 0.6) is 5.75 Å². The van der Waals surface area contributed by atoms with Crippen LogP contribution in [0, 0.1) is 5.92 Å². The molecule has 1 aliphatic heterocycles. The van der Waals surface area contributed by atoms with Crippen LogP contribution < -0.4 is 0 Å². The third-order valence-corrected chi connectivity index (χ3v) is 3.73. The van der Waals surface area contributed by atoms with Crippen LogP contribution in [0.3, 0.4) is 0 Å². The minimum atomic E-state index is 0.278. The lowest BCUT2D eigenvalue weighted by Crippen LogP contribution is -2.36. The average molecular weight is 221 g/mol. The average Bonchev–Trinajstić information content (AvgIpc) is 3.00. The molecule has 0 spiro atoms. The van der Waals surface area contributed by atoms with Crippen molar-refractivity contribution in [2.24, 2.45) is 5.92 Å². The van der Waals surface area contributed by atoms with Crippen LogP contribution in [0.4, 0.5) is 0 Å². The Bertz CT molecular complexity index is 351. The van der Waals surface area contributed by atoms with Gasteiger partial charge in [0, 0.05) is 19.6 Å². The molecule has 4 heteroatoms. The van der Waals surface area contributed by atoms with E-state index in [0.29, 0.717) is 6.04 Å². The summed E-state index contributed by atoms with van der Waals surface area (Å²) in [6.45, 7) is 3.67. The van der Waals surface area contributed by atoms with Gasteiger partial charge in [0.1, 0.15) is 0 Å². The third kappa shape index (κ3) is 2.21. The van der Waals surface area contributed by atoms with Gasteiger partial charge in [-0.15, -0.1) is 0 Å². The number of likely N-dealkylation sites (tertiary alicyclic amines) is 1. The number of rotatable bonds is 3. The van der Waals surface area contributed by atoms with Gasteiger partial charge < -0.3 is 10.0 Å². The molecule has 2 heterocycles. The maximum atomic E-state index is 9.27. The first-order valence-corrected chi connectivity index (χ1v) is 6.27. The summed E-state index contributed by atoms with van der Waals surface area (Å²) in [5, 5.41) is 13.5. The lowest BCUT2D eigenvalue weighted by molar-refractivity contribution is 0.174. The Hall–Kier alpha value is -1.03. The molecule has 1 saturated heterocycles. The molecule has 1 saturated carbocycles. The van der Waals surface area contributed by atoms with Gasteiger partial charge in [-0.1, -0.05) is 0 Å². The fourth-order valence-corrected chi connectivity index (χ4v) is 2.56. The van der Waals surface area contributed by atoms with Crippen molar-refractivity contribution < 1.29 is 5.11 Å². The highest BCUT2D eigenvalue weighted by Crippen LogP contribution is 2.31. The molecule has 1 aromatic heterocycles. The van der Waals surface area contributed by atoms with Crippen LogP contribution in [0.15, 0.2) is 12.4 Å². The first-order valence-electron chi connectivity index (χ1n) is 6.27. The highest BCUT2D eigenvalue weighted by Gasteiger charge is 2.27. The largest absolute Gasteiger partial charge is 0.505 e. The molecule has 2 aliphatic rings. The molecule has 1 N–H and O–H groups in total. The SMILES string of the molecule is Oc1cnn(C2CCN(CC3CC3)CC2)c1. The molecule has 4 nitrogen and oxygen atoms in total. The van der Waals surface area contributed by atoms with Crippen molar-refractivity contribution >= 4 is 0 Å². The maximum absolute atomic E-state index is 9.27. The quantitative estimate of drug-likeness (QED) is 0.843. The normalized spacial score (nSPS) is 23.8. The van der Waals surface area contributed by atoms with Gasteiger partial charge >= 0.3 is 0 Å². The van der Waals surface area contributed by atoms with Gasteiger partial charge in [0.05, 0.1) is 18.4 Å². The Balaban J connectivity index is 1.53. The zero-order chi connectivity index (χ0) is 11.0. The van der Waals surface area contributed by atoms with E-state index in [0.717, 1.165) is 18.8 Å². The zero-order valence-corrected chi connectivity index (χ0v) is 9.55. The molecule has 0 aromatic carbocycles. The summed E-state index contributed by atoms with van der Waals surface area (Å²) in [6, 6.07) is 0.483. The second-order valence-electron chi connectivity index (χ2n) is 5.15. The van der Waals surface area contributed by atoms with E-state index in [4.69, 9.17) is 0 Å². The molecule has 1 aliphatic carbocycles. The lowest BCUT2D eigenvalue weighted by Gasteiger charge is -2.31. The predicted octanol–water partition coefficient (Wildman–Crippen LogP) is 1.64. The van der Waals surface area contributed by atoms with Crippen molar-refractivity contribution in [1.82, 2.24) is 14.7 Å². The highest BCUT2D eigenvalue weighted by molar-refractivity contribution is 5.09. The topological polar surface area (TPSA) is 41.3 Å². The van der Waals surface area contributed by atoms with E-state index in [1.807, 2.05) is 4.68 Å². The number of aromatic hydroxyl groups is 1. The predicted molar refractivity (Wildman–Crippen MR) is 61.3 cm³/mol. The highest BCUT2D eigenvalue weighted by atomic mass is 16.3. The molecule has 0 atom stereocenters. The van der Waals surface area contributed by atoms with Crippen LogP contribution in [0.25, 0.3) is 0 Å². The molecule has 16 heavy (non-hydrogen) atoms. The van der Waals surface area contributed by atoms with E-state index in [2.05, 4.69) is 10.00 Å². The summed E-state index contributed by atoms with van der Waals surface area (Å²) in [5.41, 5.74) is 0. The standard InChI is InChI=1S/C12H19N3O/c16-12-7-13-15(9-12)11-3-5-14(6-4-11)8-10-1-2-10/h7,9-11,16H,1-6,8H2. The molecule has 1 aromatic rings. The van der Waals surface area contributed by atoms with Gasteiger partial charge in [-0.25, -0.2) is 0 Å². The Morgan fingerprint density at radius 3 is 2.56 bits per heavy atom. The van der Waals surface area contributed by atoms with E-state index in [1.165, 1.54) is 38.7 Å². The zero-order valence-electron chi connectivity index (χ0n) is 9.55. The van der Waals surface area contributed by atoms with E-state index in [1.54, 1.807) is 6.20 Å². The van der Waals surface area contributed by atoms with Gasteiger partial charge in [0.2, 0.25) is 0 Å². The van der Waals surface area contributed by atoms with Crippen molar-refractivity contribution in [2.75, 3.05) is 19.6 Å². The summed E-state index contributed by atoms with van der Waals surface area (Å²) in [5.74, 6) is 1.27. The van der Waals surface area contributed by atoms with Crippen LogP contribution in [0.1, 0.15) is 31.7 Å². The Morgan fingerprint density at radius 2 is 2.00 bits per heavy atom. The van der Waals surface area contributed by atoms with Gasteiger partial charge in [-0.05, 0) is 31.6 Å². The molecule has 0 amide bonds. The number of aromatic nitrogens is 2. The number of piperidine rings is 1. The fraction of sp³-hybridized carbons (Fsp3) is 0.750. The molecule has 0 radical (unpaired) electrons. The minimum absolute atomic E-state index is 0.278. The van der Waals surface area contributed by atoms with Crippen LogP contribution in [-0.2, 0) is 0 Å². The maximum Gasteiger partial charge on any atom is 0.153 e. The Kier molecular flexibility index (Phi) is 2.59. The van der Waals surface area contributed by atoms with Crippen molar-refractivity contribution in [3.8, 4) is 5.75 Å². The van der Waals surface area contributed by atoms with Crippen LogP contribution in [0.2, 0.25) is 0 Å². The fourth-order valence-electron chi connectivity index (χ4n) is 2.56. The van der Waals surface area contributed by atoms with Gasteiger partial charge in [0.25, 0.3) is 0 Å². The van der Waals surface area contributed by atoms with Gasteiger partial charge in [-0.2, -0.15) is 5.10 Å². The molecule has 0 unspecified atom stereocenters. The summed E-state index contributed by atoms with van der Waals surface area (Å²) in [6.07, 6.45) is 8.46. The minimum Gasteiger partial charge on any atom is -0.505 e. The van der Waals surface area contributed by atoms with E-state index in [-0.39, 0.29) is 5.75 Å². The van der Waals surface area contributed by atoms with Crippen LogP contribution in [-0.4, -0.2) is 39.4 Å². The lowest BCUT2D eigenvalue weighted by atomic mass is 10.1. The molecule has 2 fully saturated rings. The van der Waals surface area contributed by atoms with Crippen molar-refractivity contribution in [3.63, 3.8) is 0 Å². The smallest absolute Gasteiger partial charge is 0.153 e. The van der Waals surface area contributed by atoms with E-state index < -0.39 is 0 Å². The molecular formula is C12H19N3O. The van der Waals surface area contributed by atoms with Crippen molar-refractivity contribution in [2.45, 2.75) is 31.7 Å². The van der Waals surface area contributed by atoms with Crippen molar-refractivity contribution in [1.29, 1.82) is 0 Å². The van der Waals surface area contributed by atoms with Gasteiger partial charge in [-0.3, -0.25) is 4.68 Å². The molecule has 3 rings (SSSR count). The number of nitrogens with zero attached hydrogens (tertiary/aromatic N) is 3. The monoisotopic (exact) mass is 221 g/mol. The Morgan fingerprint density at radius 1 is 1.25 bits per heavy atom. The summed E-state index contributed by atoms with van der Waals surface area (Å²) in [4.78, 5) is 2.58. The van der Waals surface area contributed by atoms with Crippen LogP contribution >= 0.6 is 0 Å². The van der Waals surface area contributed by atoms with Gasteiger partial charge in [0.15, 0.2) is 5.75 Å². The summed E-state index contributed by atoms with van der Waals surface area (Å²) >= 11 is 0.